The number of rotatable bonds is 1. The average Bonchev–Trinajstić information content (AvgIpc) is 2.58. The lowest BCUT2D eigenvalue weighted by Crippen LogP contribution is -2.23. The SMILES string of the molecule is Brc1ccc(C2C=CNN2)cc1. The average molecular weight is 225 g/mol. The summed E-state index contributed by atoms with van der Waals surface area (Å²) in [5, 5.41) is 0. The Bertz CT molecular complexity index is 292. The lowest BCUT2D eigenvalue weighted by molar-refractivity contribution is 0.610. The molecule has 0 fully saturated rings. The minimum atomic E-state index is 0.304. The molecule has 2 nitrogen and oxygen atoms in total. The summed E-state index contributed by atoms with van der Waals surface area (Å²) < 4.78 is 1.11. The summed E-state index contributed by atoms with van der Waals surface area (Å²) in [6.45, 7) is 0. The van der Waals surface area contributed by atoms with Gasteiger partial charge in [-0.25, -0.2) is 5.43 Å². The molecule has 0 aromatic heterocycles. The van der Waals surface area contributed by atoms with E-state index in [9.17, 15) is 0 Å². The molecule has 1 aromatic rings. The lowest BCUT2D eigenvalue weighted by Gasteiger charge is -2.08. The van der Waals surface area contributed by atoms with Crippen LogP contribution in [-0.2, 0) is 0 Å². The van der Waals surface area contributed by atoms with Crippen LogP contribution < -0.4 is 10.9 Å². The van der Waals surface area contributed by atoms with Gasteiger partial charge in [0.05, 0.1) is 6.04 Å². The molecular weight excluding hydrogens is 216 g/mol. The molecule has 1 aliphatic rings. The van der Waals surface area contributed by atoms with E-state index in [-0.39, 0.29) is 0 Å². The Kier molecular flexibility index (Phi) is 2.15. The largest absolute Gasteiger partial charge is 0.328 e. The van der Waals surface area contributed by atoms with Crippen LogP contribution in [-0.4, -0.2) is 0 Å². The molecule has 1 atom stereocenters. The molecule has 0 saturated heterocycles. The minimum absolute atomic E-state index is 0.304. The molecule has 0 radical (unpaired) electrons. The molecule has 1 unspecified atom stereocenters. The van der Waals surface area contributed by atoms with E-state index in [1.54, 1.807) is 0 Å². The molecule has 0 spiro atoms. The number of halogens is 1. The quantitative estimate of drug-likeness (QED) is 0.764. The predicted octanol–water partition coefficient (Wildman–Crippen LogP) is 2.11. The van der Waals surface area contributed by atoms with Crippen molar-refractivity contribution in [2.75, 3.05) is 0 Å². The first-order valence-electron chi connectivity index (χ1n) is 3.79. The first kappa shape index (κ1) is 7.83. The zero-order valence-corrected chi connectivity index (χ0v) is 8.01. The molecule has 3 heteroatoms. The molecular formula is C9H9BrN2. The van der Waals surface area contributed by atoms with E-state index in [0.29, 0.717) is 6.04 Å². The van der Waals surface area contributed by atoms with E-state index in [1.807, 2.05) is 18.3 Å². The van der Waals surface area contributed by atoms with Gasteiger partial charge in [-0.15, -0.1) is 0 Å². The third kappa shape index (κ3) is 1.52. The zero-order valence-electron chi connectivity index (χ0n) is 6.42. The van der Waals surface area contributed by atoms with E-state index < -0.39 is 0 Å². The van der Waals surface area contributed by atoms with Crippen LogP contribution in [0.25, 0.3) is 0 Å². The molecule has 0 bridgehead atoms. The molecule has 12 heavy (non-hydrogen) atoms. The molecule has 1 aliphatic heterocycles. The Balaban J connectivity index is 2.23. The van der Waals surface area contributed by atoms with Gasteiger partial charge in [-0.3, -0.25) is 0 Å². The Morgan fingerprint density at radius 3 is 2.50 bits per heavy atom. The van der Waals surface area contributed by atoms with Crippen LogP contribution in [0.4, 0.5) is 0 Å². The van der Waals surface area contributed by atoms with Crippen LogP contribution in [0, 0.1) is 0 Å². The zero-order chi connectivity index (χ0) is 8.39. The van der Waals surface area contributed by atoms with Crippen LogP contribution in [0.1, 0.15) is 11.6 Å². The van der Waals surface area contributed by atoms with Crippen molar-refractivity contribution in [2.45, 2.75) is 6.04 Å². The van der Waals surface area contributed by atoms with Crippen LogP contribution in [0.2, 0.25) is 0 Å². The Morgan fingerprint density at radius 2 is 1.92 bits per heavy atom. The summed E-state index contributed by atoms with van der Waals surface area (Å²) in [5.41, 5.74) is 7.32. The number of hydrazine groups is 1. The number of hydrogen-bond acceptors (Lipinski definition) is 2. The van der Waals surface area contributed by atoms with E-state index in [2.05, 4.69) is 45.0 Å². The van der Waals surface area contributed by atoms with E-state index in [0.717, 1.165) is 4.47 Å². The van der Waals surface area contributed by atoms with Crippen LogP contribution in [0.3, 0.4) is 0 Å². The summed E-state index contributed by atoms with van der Waals surface area (Å²) in [6.07, 6.45) is 4.00. The van der Waals surface area contributed by atoms with Gasteiger partial charge in [0.25, 0.3) is 0 Å². The second-order valence-electron chi connectivity index (χ2n) is 2.68. The van der Waals surface area contributed by atoms with Crippen molar-refractivity contribution in [3.05, 3.63) is 46.6 Å². The molecule has 2 N–H and O–H groups in total. The monoisotopic (exact) mass is 224 g/mol. The first-order valence-corrected chi connectivity index (χ1v) is 4.59. The van der Waals surface area contributed by atoms with Gasteiger partial charge in [-0.05, 0) is 23.8 Å². The van der Waals surface area contributed by atoms with Crippen LogP contribution in [0.5, 0.6) is 0 Å². The Labute approximate surface area is 79.8 Å². The summed E-state index contributed by atoms with van der Waals surface area (Å²) in [4.78, 5) is 0. The van der Waals surface area contributed by atoms with Gasteiger partial charge in [0, 0.05) is 10.7 Å². The second kappa shape index (κ2) is 3.29. The third-order valence-corrected chi connectivity index (χ3v) is 2.37. The molecule has 1 heterocycles. The normalized spacial score (nSPS) is 20.9. The summed E-state index contributed by atoms with van der Waals surface area (Å²) in [6, 6.07) is 8.59. The summed E-state index contributed by atoms with van der Waals surface area (Å²) in [5.74, 6) is 0. The minimum Gasteiger partial charge on any atom is -0.328 e. The predicted molar refractivity (Wildman–Crippen MR) is 52.3 cm³/mol. The van der Waals surface area contributed by atoms with Crippen LogP contribution in [0.15, 0.2) is 41.0 Å². The smallest absolute Gasteiger partial charge is 0.0707 e. The highest BCUT2D eigenvalue weighted by molar-refractivity contribution is 9.10. The fourth-order valence-electron chi connectivity index (χ4n) is 1.19. The molecule has 0 saturated carbocycles. The van der Waals surface area contributed by atoms with Gasteiger partial charge in [-0.2, -0.15) is 0 Å². The maximum atomic E-state index is 3.40. The molecule has 2 rings (SSSR count). The van der Waals surface area contributed by atoms with Crippen molar-refractivity contribution in [2.24, 2.45) is 0 Å². The number of hydrogen-bond donors (Lipinski definition) is 2. The van der Waals surface area contributed by atoms with Gasteiger partial charge in [0.2, 0.25) is 0 Å². The van der Waals surface area contributed by atoms with Crippen LogP contribution >= 0.6 is 15.9 Å². The van der Waals surface area contributed by atoms with Gasteiger partial charge in [0.15, 0.2) is 0 Å². The fraction of sp³-hybridized carbons (Fsp3) is 0.111. The molecule has 62 valence electrons. The van der Waals surface area contributed by atoms with Gasteiger partial charge in [0.1, 0.15) is 0 Å². The lowest BCUT2D eigenvalue weighted by atomic mass is 10.1. The standard InChI is InChI=1S/C9H9BrN2/c10-8-3-1-7(2-4-8)9-5-6-11-12-9/h1-6,9,11-12H. The van der Waals surface area contributed by atoms with Crippen molar-refractivity contribution < 1.29 is 0 Å². The van der Waals surface area contributed by atoms with Gasteiger partial charge < -0.3 is 5.43 Å². The number of nitrogens with one attached hydrogen (secondary N) is 2. The molecule has 1 aromatic carbocycles. The summed E-state index contributed by atoms with van der Waals surface area (Å²) in [7, 11) is 0. The van der Waals surface area contributed by atoms with Gasteiger partial charge in [-0.1, -0.05) is 28.1 Å². The first-order chi connectivity index (χ1) is 5.86. The van der Waals surface area contributed by atoms with E-state index >= 15 is 0 Å². The van der Waals surface area contributed by atoms with Gasteiger partial charge >= 0.3 is 0 Å². The van der Waals surface area contributed by atoms with E-state index in [1.165, 1.54) is 5.56 Å². The van der Waals surface area contributed by atoms with Crippen molar-refractivity contribution in [3.63, 3.8) is 0 Å². The highest BCUT2D eigenvalue weighted by Gasteiger charge is 2.09. The molecule has 0 amide bonds. The van der Waals surface area contributed by atoms with E-state index in [4.69, 9.17) is 0 Å². The fourth-order valence-corrected chi connectivity index (χ4v) is 1.46. The van der Waals surface area contributed by atoms with Crippen molar-refractivity contribution >= 4 is 15.9 Å². The molecule has 0 aliphatic carbocycles. The highest BCUT2D eigenvalue weighted by atomic mass is 79.9. The topological polar surface area (TPSA) is 24.1 Å². The Morgan fingerprint density at radius 1 is 1.17 bits per heavy atom. The highest BCUT2D eigenvalue weighted by Crippen LogP contribution is 2.18. The van der Waals surface area contributed by atoms with Crippen molar-refractivity contribution in [3.8, 4) is 0 Å². The number of benzene rings is 1. The third-order valence-electron chi connectivity index (χ3n) is 1.84. The maximum absolute atomic E-state index is 3.40. The summed E-state index contributed by atoms with van der Waals surface area (Å²) >= 11 is 3.40. The maximum Gasteiger partial charge on any atom is 0.0707 e. The van der Waals surface area contributed by atoms with Crippen molar-refractivity contribution in [1.29, 1.82) is 0 Å². The second-order valence-corrected chi connectivity index (χ2v) is 3.59. The van der Waals surface area contributed by atoms with Crippen molar-refractivity contribution in [1.82, 2.24) is 10.9 Å². The Hall–Kier alpha value is -0.800.